The lowest BCUT2D eigenvalue weighted by atomic mass is 10.1. The minimum absolute atomic E-state index is 0.00406. The van der Waals surface area contributed by atoms with Crippen molar-refractivity contribution in [3.05, 3.63) is 59.7 Å². The Bertz CT molecular complexity index is 1040. The van der Waals surface area contributed by atoms with Crippen LogP contribution in [0.3, 0.4) is 0 Å². The summed E-state index contributed by atoms with van der Waals surface area (Å²) in [5.74, 6) is -1.15. The third kappa shape index (κ3) is 5.12. The number of anilines is 1. The number of hydrogen-bond donors (Lipinski definition) is 1. The van der Waals surface area contributed by atoms with Crippen molar-refractivity contribution in [2.24, 2.45) is 0 Å². The van der Waals surface area contributed by atoms with Gasteiger partial charge in [0.1, 0.15) is 0 Å². The predicted octanol–water partition coefficient (Wildman–Crippen LogP) is 2.59. The van der Waals surface area contributed by atoms with Crippen LogP contribution in [0.5, 0.6) is 0 Å². The van der Waals surface area contributed by atoms with Gasteiger partial charge in [0, 0.05) is 26.2 Å². The number of benzene rings is 2. The van der Waals surface area contributed by atoms with Crippen LogP contribution < -0.4 is 4.90 Å². The number of ether oxygens (including phenoxy) is 2. The molecule has 2 saturated heterocycles. The fourth-order valence-corrected chi connectivity index (χ4v) is 5.66. The van der Waals surface area contributed by atoms with Crippen molar-refractivity contribution in [2.75, 3.05) is 44.3 Å². The Balaban J connectivity index is 1.50. The standard InChI is InChI=1S/C23H28N2O6S/c26-23(27)21-15-20(8-9-22(21)24-11-13-30-14-12-24)32(28,29)25-10-4-7-19(16-25)31-17-18-5-2-1-3-6-18/h1-3,5-6,8-9,15,19H,4,7,10-14,16-17H2,(H,26,27). The molecule has 0 bridgehead atoms. The van der Waals surface area contributed by atoms with Gasteiger partial charge < -0.3 is 19.5 Å². The van der Waals surface area contributed by atoms with E-state index in [-0.39, 0.29) is 23.1 Å². The van der Waals surface area contributed by atoms with Crippen molar-refractivity contribution in [3.63, 3.8) is 0 Å². The maximum atomic E-state index is 13.3. The van der Waals surface area contributed by atoms with E-state index in [0.29, 0.717) is 51.6 Å². The molecule has 2 aliphatic rings. The zero-order valence-electron chi connectivity index (χ0n) is 17.9. The summed E-state index contributed by atoms with van der Waals surface area (Å²) >= 11 is 0. The number of hydrogen-bond acceptors (Lipinski definition) is 6. The topological polar surface area (TPSA) is 96.4 Å². The molecule has 172 valence electrons. The van der Waals surface area contributed by atoms with E-state index in [0.717, 1.165) is 12.0 Å². The summed E-state index contributed by atoms with van der Waals surface area (Å²) < 4.78 is 39.3. The molecule has 0 radical (unpaired) electrons. The van der Waals surface area contributed by atoms with Crippen LogP contribution in [0.2, 0.25) is 0 Å². The Labute approximate surface area is 188 Å². The van der Waals surface area contributed by atoms with E-state index in [4.69, 9.17) is 9.47 Å². The van der Waals surface area contributed by atoms with Crippen LogP contribution in [0.25, 0.3) is 0 Å². The first-order valence-electron chi connectivity index (χ1n) is 10.8. The third-order valence-electron chi connectivity index (χ3n) is 5.86. The number of rotatable bonds is 7. The molecule has 8 nitrogen and oxygen atoms in total. The smallest absolute Gasteiger partial charge is 0.337 e. The maximum absolute atomic E-state index is 13.3. The van der Waals surface area contributed by atoms with E-state index in [2.05, 4.69) is 0 Å². The first-order valence-corrected chi connectivity index (χ1v) is 12.2. The SMILES string of the molecule is O=C(O)c1cc(S(=O)(=O)N2CCCC(OCc3ccccc3)C2)ccc1N1CCOCC1. The van der Waals surface area contributed by atoms with Crippen LogP contribution in [0, 0.1) is 0 Å². The highest BCUT2D eigenvalue weighted by atomic mass is 32.2. The largest absolute Gasteiger partial charge is 0.478 e. The monoisotopic (exact) mass is 460 g/mol. The minimum Gasteiger partial charge on any atom is -0.478 e. The molecule has 1 atom stereocenters. The van der Waals surface area contributed by atoms with Crippen molar-refractivity contribution in [1.82, 2.24) is 4.31 Å². The second kappa shape index (κ2) is 9.99. The Morgan fingerprint density at radius 2 is 1.84 bits per heavy atom. The van der Waals surface area contributed by atoms with Gasteiger partial charge in [-0.2, -0.15) is 4.31 Å². The molecule has 0 spiro atoms. The van der Waals surface area contributed by atoms with Crippen molar-refractivity contribution >= 4 is 21.7 Å². The first-order chi connectivity index (χ1) is 15.4. The third-order valence-corrected chi connectivity index (χ3v) is 7.72. The second-order valence-electron chi connectivity index (χ2n) is 8.01. The molecule has 9 heteroatoms. The summed E-state index contributed by atoms with van der Waals surface area (Å²) in [6.45, 7) is 3.23. The van der Waals surface area contributed by atoms with E-state index in [9.17, 15) is 18.3 Å². The molecule has 2 aromatic rings. The number of carbonyl (C=O) groups is 1. The lowest BCUT2D eigenvalue weighted by Crippen LogP contribution is -2.43. The number of carboxylic acid groups (broad SMARTS) is 1. The Morgan fingerprint density at radius 1 is 1.09 bits per heavy atom. The lowest BCUT2D eigenvalue weighted by Gasteiger charge is -2.32. The molecule has 2 heterocycles. The highest BCUT2D eigenvalue weighted by Gasteiger charge is 2.32. The number of aromatic carboxylic acids is 1. The van der Waals surface area contributed by atoms with Gasteiger partial charge in [0.2, 0.25) is 10.0 Å². The maximum Gasteiger partial charge on any atom is 0.337 e. The van der Waals surface area contributed by atoms with Gasteiger partial charge >= 0.3 is 5.97 Å². The molecule has 0 aliphatic carbocycles. The molecular formula is C23H28N2O6S. The van der Waals surface area contributed by atoms with Gasteiger partial charge in [-0.05, 0) is 36.6 Å². The molecule has 32 heavy (non-hydrogen) atoms. The van der Waals surface area contributed by atoms with Crippen molar-refractivity contribution < 1.29 is 27.8 Å². The first kappa shape index (κ1) is 22.7. The van der Waals surface area contributed by atoms with Crippen molar-refractivity contribution in [3.8, 4) is 0 Å². The predicted molar refractivity (Wildman–Crippen MR) is 119 cm³/mol. The molecule has 4 rings (SSSR count). The van der Waals surface area contributed by atoms with Gasteiger partial charge in [-0.3, -0.25) is 0 Å². The fraction of sp³-hybridized carbons (Fsp3) is 0.435. The molecule has 2 fully saturated rings. The summed E-state index contributed by atoms with van der Waals surface area (Å²) in [5, 5.41) is 9.73. The van der Waals surface area contributed by atoms with Gasteiger partial charge in [0.25, 0.3) is 0 Å². The molecule has 2 aromatic carbocycles. The Morgan fingerprint density at radius 3 is 2.56 bits per heavy atom. The van der Waals surface area contributed by atoms with Crippen molar-refractivity contribution in [1.29, 1.82) is 0 Å². The molecule has 1 N–H and O–H groups in total. The summed E-state index contributed by atoms with van der Waals surface area (Å²) in [4.78, 5) is 13.8. The zero-order valence-corrected chi connectivity index (χ0v) is 18.7. The Kier molecular flexibility index (Phi) is 7.10. The van der Waals surface area contributed by atoms with Gasteiger partial charge in [-0.1, -0.05) is 30.3 Å². The van der Waals surface area contributed by atoms with E-state index in [1.165, 1.54) is 16.4 Å². The van der Waals surface area contributed by atoms with E-state index in [1.54, 1.807) is 6.07 Å². The van der Waals surface area contributed by atoms with Crippen LogP contribution in [-0.2, 0) is 26.1 Å². The quantitative estimate of drug-likeness (QED) is 0.678. The molecule has 2 aliphatic heterocycles. The van der Waals surface area contributed by atoms with Crippen LogP contribution in [0.1, 0.15) is 28.8 Å². The minimum atomic E-state index is -3.83. The molecule has 0 amide bonds. The second-order valence-corrected chi connectivity index (χ2v) is 9.95. The number of sulfonamides is 1. The normalized spacial score (nSPS) is 20.2. The summed E-state index contributed by atoms with van der Waals surface area (Å²) in [5.41, 5.74) is 1.54. The number of morpholine rings is 1. The number of nitrogens with zero attached hydrogens (tertiary/aromatic N) is 2. The Hall–Kier alpha value is -2.46. The summed E-state index contributed by atoms with van der Waals surface area (Å²) in [7, 11) is -3.83. The molecule has 0 aromatic heterocycles. The van der Waals surface area contributed by atoms with E-state index in [1.807, 2.05) is 35.2 Å². The fourth-order valence-electron chi connectivity index (χ4n) is 4.12. The van der Waals surface area contributed by atoms with Crippen LogP contribution in [0.15, 0.2) is 53.4 Å². The van der Waals surface area contributed by atoms with E-state index < -0.39 is 16.0 Å². The van der Waals surface area contributed by atoms with Gasteiger partial charge in [-0.25, -0.2) is 13.2 Å². The summed E-state index contributed by atoms with van der Waals surface area (Å²) in [6, 6.07) is 14.1. The molecule has 0 saturated carbocycles. The lowest BCUT2D eigenvalue weighted by molar-refractivity contribution is 0.00811. The van der Waals surface area contributed by atoms with E-state index >= 15 is 0 Å². The molecule has 1 unspecified atom stereocenters. The molecular weight excluding hydrogens is 432 g/mol. The average Bonchev–Trinajstić information content (AvgIpc) is 2.83. The van der Waals surface area contributed by atoms with Gasteiger partial charge in [-0.15, -0.1) is 0 Å². The highest BCUT2D eigenvalue weighted by Crippen LogP contribution is 2.28. The van der Waals surface area contributed by atoms with Crippen LogP contribution in [0.4, 0.5) is 5.69 Å². The highest BCUT2D eigenvalue weighted by molar-refractivity contribution is 7.89. The van der Waals surface area contributed by atoms with Crippen LogP contribution >= 0.6 is 0 Å². The summed E-state index contributed by atoms with van der Waals surface area (Å²) in [6.07, 6.45) is 1.27. The van der Waals surface area contributed by atoms with Crippen molar-refractivity contribution in [2.45, 2.75) is 30.4 Å². The number of carboxylic acids is 1. The van der Waals surface area contributed by atoms with Gasteiger partial charge in [0.05, 0.1) is 42.1 Å². The average molecular weight is 461 g/mol. The zero-order chi connectivity index (χ0) is 22.6. The number of piperidine rings is 1. The van der Waals surface area contributed by atoms with Crippen LogP contribution in [-0.4, -0.2) is 69.3 Å². The van der Waals surface area contributed by atoms with Gasteiger partial charge in [0.15, 0.2) is 0 Å².